The zero-order valence-electron chi connectivity index (χ0n) is 19.5. The number of carbonyl (C=O) groups is 4. The molecular weight excluding hydrogens is 422 g/mol. The Morgan fingerprint density at radius 2 is 1.55 bits per heavy atom. The Bertz CT molecular complexity index is 971. The van der Waals surface area contributed by atoms with E-state index in [0.29, 0.717) is 29.9 Å². The number of amides is 3. The Morgan fingerprint density at radius 1 is 0.909 bits per heavy atom. The van der Waals surface area contributed by atoms with Gasteiger partial charge in [0.25, 0.3) is 17.7 Å². The van der Waals surface area contributed by atoms with Crippen molar-refractivity contribution in [2.45, 2.75) is 33.7 Å². The first kappa shape index (κ1) is 25.6. The third kappa shape index (κ3) is 7.45. The van der Waals surface area contributed by atoms with Gasteiger partial charge in [-0.2, -0.15) is 0 Å². The Balaban J connectivity index is 1.95. The summed E-state index contributed by atoms with van der Waals surface area (Å²) in [5.74, 6) is -2.01. The molecule has 2 rings (SSSR count). The number of esters is 1. The van der Waals surface area contributed by atoms with Crippen molar-refractivity contribution in [3.63, 3.8) is 0 Å². The van der Waals surface area contributed by atoms with Crippen molar-refractivity contribution in [2.24, 2.45) is 5.92 Å². The van der Waals surface area contributed by atoms with Gasteiger partial charge < -0.3 is 20.3 Å². The molecular formula is C25H31N3O5. The average Bonchev–Trinajstić information content (AvgIpc) is 2.82. The van der Waals surface area contributed by atoms with Crippen molar-refractivity contribution in [1.82, 2.24) is 10.2 Å². The highest BCUT2D eigenvalue weighted by molar-refractivity contribution is 5.99. The monoisotopic (exact) mass is 453 g/mol. The first-order valence-electron chi connectivity index (χ1n) is 11.0. The molecule has 2 N–H and O–H groups in total. The van der Waals surface area contributed by atoms with Gasteiger partial charge in [-0.25, -0.2) is 4.79 Å². The largest absolute Gasteiger partial charge is 0.454 e. The third-order valence-electron chi connectivity index (χ3n) is 5.03. The van der Waals surface area contributed by atoms with Crippen LogP contribution in [0.4, 0.5) is 5.69 Å². The topological polar surface area (TPSA) is 105 Å². The Morgan fingerprint density at radius 3 is 2.15 bits per heavy atom. The molecule has 0 saturated carbocycles. The minimum absolute atomic E-state index is 0.128. The van der Waals surface area contributed by atoms with Crippen LogP contribution in [0.1, 0.15) is 48.4 Å². The van der Waals surface area contributed by atoms with Crippen LogP contribution in [0.15, 0.2) is 54.6 Å². The minimum Gasteiger partial charge on any atom is -0.454 e. The molecule has 0 aromatic heterocycles. The Labute approximate surface area is 194 Å². The number of nitrogens with one attached hydrogen (secondary N) is 2. The molecule has 0 aliphatic rings. The number of nitrogens with zero attached hydrogens (tertiary/aromatic N) is 1. The van der Waals surface area contributed by atoms with Gasteiger partial charge >= 0.3 is 5.97 Å². The fourth-order valence-corrected chi connectivity index (χ4v) is 3.16. The van der Waals surface area contributed by atoms with E-state index in [1.807, 2.05) is 13.8 Å². The molecule has 33 heavy (non-hydrogen) atoms. The summed E-state index contributed by atoms with van der Waals surface area (Å²) in [7, 11) is 0. The summed E-state index contributed by atoms with van der Waals surface area (Å²) in [4.78, 5) is 51.4. The molecule has 0 saturated heterocycles. The van der Waals surface area contributed by atoms with Gasteiger partial charge in [-0.3, -0.25) is 14.4 Å². The molecule has 176 valence electrons. The van der Waals surface area contributed by atoms with E-state index < -0.39 is 30.4 Å². The van der Waals surface area contributed by atoms with Crippen molar-refractivity contribution < 1.29 is 23.9 Å². The third-order valence-corrected chi connectivity index (χ3v) is 5.03. The van der Waals surface area contributed by atoms with Gasteiger partial charge in [0.1, 0.15) is 6.04 Å². The number of ether oxygens (including phenoxy) is 1. The second kappa shape index (κ2) is 12.4. The highest BCUT2D eigenvalue weighted by Crippen LogP contribution is 2.13. The molecule has 0 bridgehead atoms. The zero-order chi connectivity index (χ0) is 24.4. The van der Waals surface area contributed by atoms with Gasteiger partial charge in [0.15, 0.2) is 6.61 Å². The summed E-state index contributed by atoms with van der Waals surface area (Å²) in [5.41, 5.74) is 1.30. The molecule has 2 aromatic carbocycles. The Kier molecular flexibility index (Phi) is 9.60. The highest BCUT2D eigenvalue weighted by atomic mass is 16.5. The molecule has 0 radical (unpaired) electrons. The van der Waals surface area contributed by atoms with Crippen LogP contribution in [-0.2, 0) is 14.3 Å². The second-order valence-electron chi connectivity index (χ2n) is 7.78. The lowest BCUT2D eigenvalue weighted by Crippen LogP contribution is -2.45. The van der Waals surface area contributed by atoms with Crippen LogP contribution >= 0.6 is 0 Å². The Hall–Kier alpha value is -3.68. The number of benzene rings is 2. The molecule has 0 aliphatic carbocycles. The molecule has 0 spiro atoms. The van der Waals surface area contributed by atoms with Crippen molar-refractivity contribution in [1.29, 1.82) is 0 Å². The molecule has 0 heterocycles. The predicted octanol–water partition coefficient (Wildman–Crippen LogP) is 3.10. The summed E-state index contributed by atoms with van der Waals surface area (Å²) < 4.78 is 5.15. The van der Waals surface area contributed by atoms with E-state index in [2.05, 4.69) is 10.6 Å². The van der Waals surface area contributed by atoms with Crippen LogP contribution in [0.3, 0.4) is 0 Å². The van der Waals surface area contributed by atoms with Crippen LogP contribution in [0.2, 0.25) is 0 Å². The van der Waals surface area contributed by atoms with Gasteiger partial charge in [-0.15, -0.1) is 0 Å². The molecule has 8 nitrogen and oxygen atoms in total. The van der Waals surface area contributed by atoms with Crippen LogP contribution < -0.4 is 10.6 Å². The maximum atomic E-state index is 12.5. The summed E-state index contributed by atoms with van der Waals surface area (Å²) >= 11 is 0. The SMILES string of the molecule is CCN(CC)C(=O)c1cccc(NC(=O)COC(=O)[C@@H](NC(=O)c2ccccc2)C(C)C)c1. The first-order chi connectivity index (χ1) is 15.8. The van der Waals surface area contributed by atoms with Gasteiger partial charge in [-0.05, 0) is 50.1 Å². The minimum atomic E-state index is -0.902. The maximum absolute atomic E-state index is 12.5. The molecule has 1 atom stereocenters. The van der Waals surface area contributed by atoms with Crippen molar-refractivity contribution in [2.75, 3.05) is 25.0 Å². The highest BCUT2D eigenvalue weighted by Gasteiger charge is 2.26. The summed E-state index contributed by atoms with van der Waals surface area (Å²) in [5, 5.41) is 5.29. The number of carbonyl (C=O) groups excluding carboxylic acids is 4. The first-order valence-corrected chi connectivity index (χ1v) is 11.0. The zero-order valence-corrected chi connectivity index (χ0v) is 19.5. The van der Waals surface area contributed by atoms with E-state index in [9.17, 15) is 19.2 Å². The summed E-state index contributed by atoms with van der Waals surface area (Å²) in [6, 6.07) is 14.2. The lowest BCUT2D eigenvalue weighted by atomic mass is 10.0. The smallest absolute Gasteiger partial charge is 0.329 e. The number of hydrogen-bond donors (Lipinski definition) is 2. The van der Waals surface area contributed by atoms with Crippen molar-refractivity contribution >= 4 is 29.4 Å². The van der Waals surface area contributed by atoms with Gasteiger partial charge in [0.2, 0.25) is 0 Å². The van der Waals surface area contributed by atoms with E-state index in [1.165, 1.54) is 0 Å². The van der Waals surface area contributed by atoms with E-state index in [4.69, 9.17) is 4.74 Å². The lowest BCUT2D eigenvalue weighted by molar-refractivity contribution is -0.150. The van der Waals surface area contributed by atoms with E-state index in [0.717, 1.165) is 0 Å². The normalized spacial score (nSPS) is 11.4. The van der Waals surface area contributed by atoms with Gasteiger partial charge in [0.05, 0.1) is 0 Å². The van der Waals surface area contributed by atoms with Crippen LogP contribution in [0.5, 0.6) is 0 Å². The molecule has 2 aromatic rings. The number of anilines is 1. The lowest BCUT2D eigenvalue weighted by Gasteiger charge is -2.21. The van der Waals surface area contributed by atoms with Crippen LogP contribution in [-0.4, -0.2) is 54.3 Å². The standard InChI is InChI=1S/C25H31N3O5/c1-5-28(6-2)24(31)19-13-10-14-20(15-19)26-21(29)16-33-25(32)22(17(3)4)27-23(30)18-11-8-7-9-12-18/h7-15,17,22H,5-6,16H2,1-4H3,(H,26,29)(H,27,30)/t22-/m0/s1. The molecule has 8 heteroatoms. The fraction of sp³-hybridized carbons (Fsp3) is 0.360. The molecule has 0 fully saturated rings. The second-order valence-corrected chi connectivity index (χ2v) is 7.78. The number of rotatable bonds is 10. The van der Waals surface area contributed by atoms with Crippen molar-refractivity contribution in [3.8, 4) is 0 Å². The fourth-order valence-electron chi connectivity index (χ4n) is 3.16. The van der Waals surface area contributed by atoms with E-state index >= 15 is 0 Å². The van der Waals surface area contributed by atoms with Crippen LogP contribution in [0.25, 0.3) is 0 Å². The van der Waals surface area contributed by atoms with Crippen LogP contribution in [0, 0.1) is 5.92 Å². The van der Waals surface area contributed by atoms with E-state index in [1.54, 1.807) is 73.3 Å². The molecule has 0 unspecified atom stereocenters. The molecule has 0 aliphatic heterocycles. The molecule has 3 amide bonds. The summed E-state index contributed by atoms with van der Waals surface area (Å²) in [6.07, 6.45) is 0. The van der Waals surface area contributed by atoms with Gasteiger partial charge in [0, 0.05) is 29.9 Å². The average molecular weight is 454 g/mol. The van der Waals surface area contributed by atoms with Gasteiger partial charge in [-0.1, -0.05) is 38.1 Å². The van der Waals surface area contributed by atoms with E-state index in [-0.39, 0.29) is 11.8 Å². The number of hydrogen-bond acceptors (Lipinski definition) is 5. The quantitative estimate of drug-likeness (QED) is 0.538. The predicted molar refractivity (Wildman–Crippen MR) is 126 cm³/mol. The maximum Gasteiger partial charge on any atom is 0.329 e. The summed E-state index contributed by atoms with van der Waals surface area (Å²) in [6.45, 7) is 7.99. The van der Waals surface area contributed by atoms with Crippen molar-refractivity contribution in [3.05, 3.63) is 65.7 Å².